The Morgan fingerprint density at radius 2 is 0.614 bits per heavy atom. The molecule has 0 amide bonds. The van der Waals surface area contributed by atoms with Gasteiger partial charge in [0.1, 0.15) is 13.2 Å². The Bertz CT molecular complexity index is 1400. The molecule has 6 nitrogen and oxygen atoms in total. The molecule has 0 N–H and O–H groups in total. The minimum absolute atomic E-state index is 0.0913. The van der Waals surface area contributed by atoms with Crippen LogP contribution < -0.4 is 0 Å². The molecule has 0 aliphatic rings. The summed E-state index contributed by atoms with van der Waals surface area (Å²) in [5.41, 5.74) is 0. The number of carbonyl (C=O) groups excluding carboxylic acids is 3. The zero-order valence-corrected chi connectivity index (χ0v) is 45.8. The lowest BCUT2D eigenvalue weighted by atomic mass is 10.1. The van der Waals surface area contributed by atoms with Crippen molar-refractivity contribution in [1.29, 1.82) is 0 Å². The maximum absolute atomic E-state index is 12.9. The molecule has 0 bridgehead atoms. The summed E-state index contributed by atoms with van der Waals surface area (Å²) >= 11 is 0. The van der Waals surface area contributed by atoms with Gasteiger partial charge in [0.15, 0.2) is 6.10 Å². The molecular formula is C64H108O6. The first-order valence-electron chi connectivity index (χ1n) is 29.3. The van der Waals surface area contributed by atoms with Crippen molar-refractivity contribution in [3.05, 3.63) is 97.2 Å². The second-order valence-electron chi connectivity index (χ2n) is 19.3. The van der Waals surface area contributed by atoms with E-state index < -0.39 is 6.10 Å². The monoisotopic (exact) mass is 973 g/mol. The van der Waals surface area contributed by atoms with Crippen molar-refractivity contribution in [2.75, 3.05) is 13.2 Å². The topological polar surface area (TPSA) is 78.9 Å². The van der Waals surface area contributed by atoms with E-state index >= 15 is 0 Å². The minimum Gasteiger partial charge on any atom is -0.462 e. The molecule has 0 fully saturated rings. The SMILES string of the molecule is CC/C=C\C/C=C\C/C=C\CCCCCCCCCCCC(=O)OCC(COC(=O)CCCCCCCCC/C=C\CCCCCC)OC(=O)CCCCCCC\C=C/C=C\C=C/C=C\CCCCC. The highest BCUT2D eigenvalue weighted by Crippen LogP contribution is 2.15. The quantitative estimate of drug-likeness (QED) is 0.0199. The second-order valence-corrected chi connectivity index (χ2v) is 19.3. The van der Waals surface area contributed by atoms with Crippen LogP contribution in [0.1, 0.15) is 271 Å². The standard InChI is InChI=1S/C64H108O6/c1-4-7-10-13-16-19-22-25-28-30-32-34-36-39-42-45-48-51-54-57-63(66)69-60-61(59-68-62(65)56-53-50-47-44-41-38-35-27-24-21-18-15-12-9-6-3)70-64(67)58-55-52-49-46-43-40-37-33-31-29-26-23-20-17-14-11-8-5-2/h7,10,16-17,19-21,23-26,28-29,31,33,37,61H,4-6,8-9,11-15,18,22,27,30,32,34-36,38-60H2,1-3H3/b10-7-,19-16-,20-17-,24-21-,26-23-,28-25-,31-29-,37-33-. The minimum atomic E-state index is -0.796. The van der Waals surface area contributed by atoms with Crippen LogP contribution in [0.5, 0.6) is 0 Å². The molecular weight excluding hydrogens is 865 g/mol. The number of carbonyl (C=O) groups is 3. The largest absolute Gasteiger partial charge is 0.462 e. The van der Waals surface area contributed by atoms with Crippen LogP contribution in [-0.2, 0) is 28.6 Å². The molecule has 6 heteroatoms. The molecule has 0 aromatic rings. The summed E-state index contributed by atoms with van der Waals surface area (Å²) in [5.74, 6) is -0.919. The van der Waals surface area contributed by atoms with Crippen LogP contribution in [0.25, 0.3) is 0 Å². The number of rotatable bonds is 52. The van der Waals surface area contributed by atoms with E-state index in [0.717, 1.165) is 103 Å². The van der Waals surface area contributed by atoms with Gasteiger partial charge in [-0.1, -0.05) is 246 Å². The van der Waals surface area contributed by atoms with Crippen molar-refractivity contribution in [2.24, 2.45) is 0 Å². The highest BCUT2D eigenvalue weighted by Gasteiger charge is 2.19. The molecule has 0 aliphatic carbocycles. The lowest BCUT2D eigenvalue weighted by Crippen LogP contribution is -2.30. The third kappa shape index (κ3) is 55.3. The summed E-state index contributed by atoms with van der Waals surface area (Å²) in [5, 5.41) is 0. The van der Waals surface area contributed by atoms with Crippen LogP contribution in [-0.4, -0.2) is 37.2 Å². The van der Waals surface area contributed by atoms with Gasteiger partial charge in [-0.3, -0.25) is 14.4 Å². The van der Waals surface area contributed by atoms with Crippen LogP contribution in [0.3, 0.4) is 0 Å². The Kier molecular flexibility index (Phi) is 54.9. The first-order valence-corrected chi connectivity index (χ1v) is 29.3. The molecule has 1 unspecified atom stereocenters. The van der Waals surface area contributed by atoms with Crippen LogP contribution in [0, 0.1) is 0 Å². The second kappa shape index (κ2) is 57.9. The average molecular weight is 974 g/mol. The maximum atomic E-state index is 12.9. The third-order valence-electron chi connectivity index (χ3n) is 12.4. The first-order chi connectivity index (χ1) is 34.5. The van der Waals surface area contributed by atoms with E-state index in [9.17, 15) is 14.4 Å². The van der Waals surface area contributed by atoms with Crippen LogP contribution >= 0.6 is 0 Å². The molecule has 0 aromatic heterocycles. The van der Waals surface area contributed by atoms with Crippen molar-refractivity contribution in [3.63, 3.8) is 0 Å². The summed E-state index contributed by atoms with van der Waals surface area (Å²) in [4.78, 5) is 38.2. The zero-order valence-electron chi connectivity index (χ0n) is 45.8. The molecule has 0 rings (SSSR count). The number of allylic oxidation sites excluding steroid dienone is 16. The highest BCUT2D eigenvalue weighted by atomic mass is 16.6. The molecule has 70 heavy (non-hydrogen) atoms. The van der Waals surface area contributed by atoms with Crippen molar-refractivity contribution in [3.8, 4) is 0 Å². The van der Waals surface area contributed by atoms with Gasteiger partial charge in [0.25, 0.3) is 0 Å². The Morgan fingerprint density at radius 3 is 1.04 bits per heavy atom. The number of unbranched alkanes of at least 4 members (excludes halogenated alkanes) is 28. The zero-order chi connectivity index (χ0) is 50.7. The van der Waals surface area contributed by atoms with Gasteiger partial charge < -0.3 is 14.2 Å². The molecule has 0 heterocycles. The Labute approximate surface area is 432 Å². The maximum Gasteiger partial charge on any atom is 0.306 e. The molecule has 0 aliphatic heterocycles. The number of hydrogen-bond donors (Lipinski definition) is 0. The summed E-state index contributed by atoms with van der Waals surface area (Å²) in [6.45, 7) is 6.46. The van der Waals surface area contributed by atoms with Crippen molar-refractivity contribution in [2.45, 2.75) is 277 Å². The fraction of sp³-hybridized carbons (Fsp3) is 0.703. The van der Waals surface area contributed by atoms with Crippen molar-refractivity contribution in [1.82, 2.24) is 0 Å². The van der Waals surface area contributed by atoms with Crippen LogP contribution in [0.2, 0.25) is 0 Å². The van der Waals surface area contributed by atoms with Gasteiger partial charge >= 0.3 is 17.9 Å². The van der Waals surface area contributed by atoms with Gasteiger partial charge in [-0.2, -0.15) is 0 Å². The predicted octanol–water partition coefficient (Wildman–Crippen LogP) is 19.7. The molecule has 1 atom stereocenters. The summed E-state index contributed by atoms with van der Waals surface area (Å²) in [6.07, 6.45) is 76.7. The smallest absolute Gasteiger partial charge is 0.306 e. The van der Waals surface area contributed by atoms with Crippen LogP contribution in [0.15, 0.2) is 97.2 Å². The molecule has 0 saturated carbocycles. The fourth-order valence-electron chi connectivity index (χ4n) is 7.99. The van der Waals surface area contributed by atoms with Gasteiger partial charge in [-0.15, -0.1) is 0 Å². The van der Waals surface area contributed by atoms with E-state index in [1.165, 1.54) is 128 Å². The fourth-order valence-corrected chi connectivity index (χ4v) is 7.99. The summed E-state index contributed by atoms with van der Waals surface area (Å²) < 4.78 is 16.9. The van der Waals surface area contributed by atoms with Crippen molar-refractivity contribution >= 4 is 17.9 Å². The highest BCUT2D eigenvalue weighted by molar-refractivity contribution is 5.71. The van der Waals surface area contributed by atoms with Crippen LogP contribution in [0.4, 0.5) is 0 Å². The Balaban J connectivity index is 4.45. The van der Waals surface area contributed by atoms with E-state index in [1.54, 1.807) is 0 Å². The third-order valence-corrected chi connectivity index (χ3v) is 12.4. The number of hydrogen-bond acceptors (Lipinski definition) is 6. The van der Waals surface area contributed by atoms with Gasteiger partial charge in [0.2, 0.25) is 0 Å². The number of esters is 3. The molecule has 400 valence electrons. The predicted molar refractivity (Wildman–Crippen MR) is 302 cm³/mol. The summed E-state index contributed by atoms with van der Waals surface area (Å²) in [6, 6.07) is 0. The van der Waals surface area contributed by atoms with Gasteiger partial charge in [0.05, 0.1) is 0 Å². The van der Waals surface area contributed by atoms with E-state index in [2.05, 4.69) is 118 Å². The lowest BCUT2D eigenvalue weighted by molar-refractivity contribution is -0.167. The van der Waals surface area contributed by atoms with Gasteiger partial charge in [-0.05, 0) is 103 Å². The Morgan fingerprint density at radius 1 is 0.314 bits per heavy atom. The lowest BCUT2D eigenvalue weighted by Gasteiger charge is -2.18. The Hall–Kier alpha value is -3.67. The van der Waals surface area contributed by atoms with Gasteiger partial charge in [0, 0.05) is 19.3 Å². The molecule has 0 aromatic carbocycles. The molecule has 0 saturated heterocycles. The normalized spacial score (nSPS) is 12.8. The molecule has 0 radical (unpaired) electrons. The number of ether oxygens (including phenoxy) is 3. The first kappa shape index (κ1) is 66.3. The summed E-state index contributed by atoms with van der Waals surface area (Å²) in [7, 11) is 0. The van der Waals surface area contributed by atoms with E-state index in [1.807, 2.05) is 0 Å². The van der Waals surface area contributed by atoms with E-state index in [0.29, 0.717) is 19.3 Å². The van der Waals surface area contributed by atoms with E-state index in [4.69, 9.17) is 14.2 Å². The average Bonchev–Trinajstić information content (AvgIpc) is 3.36. The van der Waals surface area contributed by atoms with Gasteiger partial charge in [-0.25, -0.2) is 0 Å². The molecule has 0 spiro atoms. The van der Waals surface area contributed by atoms with E-state index in [-0.39, 0.29) is 31.1 Å². The van der Waals surface area contributed by atoms with Crippen molar-refractivity contribution < 1.29 is 28.6 Å².